The number of nitrogens with zero attached hydrogens (tertiary/aromatic N) is 2. The summed E-state index contributed by atoms with van der Waals surface area (Å²) in [5.74, 6) is 0.955. The Labute approximate surface area is 151 Å². The number of methoxy groups -OCH3 is 3. The van der Waals surface area contributed by atoms with Gasteiger partial charge in [-0.1, -0.05) is 12.1 Å². The Bertz CT molecular complexity index is 920. The highest BCUT2D eigenvalue weighted by molar-refractivity contribution is 5.91. The third-order valence-electron chi connectivity index (χ3n) is 4.02. The second-order valence-corrected chi connectivity index (χ2v) is 5.61. The molecule has 0 saturated carbocycles. The van der Waals surface area contributed by atoms with Gasteiger partial charge in [-0.15, -0.1) is 0 Å². The molecule has 136 valence electrons. The molecule has 1 N–H and O–H groups in total. The van der Waals surface area contributed by atoms with Crippen molar-refractivity contribution in [3.05, 3.63) is 48.0 Å². The van der Waals surface area contributed by atoms with Crippen LogP contribution in [-0.4, -0.2) is 43.5 Å². The summed E-state index contributed by atoms with van der Waals surface area (Å²) >= 11 is 0. The molecule has 0 radical (unpaired) electrons. The Balaban J connectivity index is 2.02. The number of hydrogen-bond acceptors (Lipinski definition) is 6. The Morgan fingerprint density at radius 3 is 2.69 bits per heavy atom. The summed E-state index contributed by atoms with van der Waals surface area (Å²) in [5.41, 5.74) is 2.90. The first-order valence-electron chi connectivity index (χ1n) is 8.15. The van der Waals surface area contributed by atoms with Crippen molar-refractivity contribution in [3.8, 4) is 5.75 Å². The van der Waals surface area contributed by atoms with Crippen LogP contribution in [0.2, 0.25) is 0 Å². The molecule has 0 aliphatic carbocycles. The van der Waals surface area contributed by atoms with Gasteiger partial charge in [0.2, 0.25) is 5.95 Å². The maximum atomic E-state index is 11.7. The Morgan fingerprint density at radius 1 is 1.15 bits per heavy atom. The molecule has 0 atom stereocenters. The highest BCUT2D eigenvalue weighted by Crippen LogP contribution is 2.29. The van der Waals surface area contributed by atoms with Crippen LogP contribution in [0.4, 0.5) is 11.6 Å². The fraction of sp³-hybridized carbons (Fsp3) is 0.263. The molecule has 1 aromatic heterocycles. The van der Waals surface area contributed by atoms with Crippen molar-refractivity contribution in [2.75, 3.05) is 33.3 Å². The van der Waals surface area contributed by atoms with Crippen molar-refractivity contribution in [1.82, 2.24) is 9.55 Å². The van der Waals surface area contributed by atoms with Gasteiger partial charge >= 0.3 is 5.97 Å². The van der Waals surface area contributed by atoms with E-state index >= 15 is 0 Å². The minimum atomic E-state index is -0.386. The standard InChI is InChI=1S/C19H21N3O4/c1-24-11-10-22-15-8-5-9-16(25-2)17(15)21-19(22)20-14-7-4-6-13(12-14)18(23)26-3/h4-9,12H,10-11H2,1-3H3,(H,20,21). The topological polar surface area (TPSA) is 74.6 Å². The number of hydrogen-bond donors (Lipinski definition) is 1. The van der Waals surface area contributed by atoms with Gasteiger partial charge in [0, 0.05) is 19.3 Å². The number of aromatic nitrogens is 2. The lowest BCUT2D eigenvalue weighted by Gasteiger charge is -2.11. The highest BCUT2D eigenvalue weighted by Gasteiger charge is 2.15. The van der Waals surface area contributed by atoms with Crippen molar-refractivity contribution in [2.45, 2.75) is 6.54 Å². The van der Waals surface area contributed by atoms with Crippen LogP contribution >= 0.6 is 0 Å². The summed E-state index contributed by atoms with van der Waals surface area (Å²) in [6, 6.07) is 12.9. The summed E-state index contributed by atoms with van der Waals surface area (Å²) in [4.78, 5) is 16.4. The lowest BCUT2D eigenvalue weighted by atomic mass is 10.2. The van der Waals surface area contributed by atoms with Gasteiger partial charge in [0.05, 0.1) is 31.9 Å². The van der Waals surface area contributed by atoms with Crippen LogP contribution in [0.1, 0.15) is 10.4 Å². The summed E-state index contributed by atoms with van der Waals surface area (Å²) in [6.45, 7) is 1.17. The quantitative estimate of drug-likeness (QED) is 0.656. The number of carbonyl (C=O) groups is 1. The summed E-state index contributed by atoms with van der Waals surface area (Å²) in [5, 5.41) is 3.27. The molecule has 0 fully saturated rings. The maximum Gasteiger partial charge on any atom is 0.337 e. The molecule has 0 bridgehead atoms. The minimum Gasteiger partial charge on any atom is -0.494 e. The zero-order chi connectivity index (χ0) is 18.5. The summed E-state index contributed by atoms with van der Waals surface area (Å²) in [6.07, 6.45) is 0. The van der Waals surface area contributed by atoms with Gasteiger partial charge in [-0.2, -0.15) is 0 Å². The number of nitrogens with one attached hydrogen (secondary N) is 1. The number of carbonyl (C=O) groups excluding carboxylic acids is 1. The predicted octanol–water partition coefficient (Wildman–Crippen LogP) is 3.22. The second-order valence-electron chi connectivity index (χ2n) is 5.61. The molecule has 0 aliphatic heterocycles. The van der Waals surface area contributed by atoms with E-state index in [2.05, 4.69) is 10.3 Å². The molecule has 2 aromatic carbocycles. The molecule has 0 spiro atoms. The number of benzene rings is 2. The van der Waals surface area contributed by atoms with Crippen LogP contribution in [0, 0.1) is 0 Å². The third-order valence-corrected chi connectivity index (χ3v) is 4.02. The molecule has 1 heterocycles. The van der Waals surface area contributed by atoms with Crippen molar-refractivity contribution in [3.63, 3.8) is 0 Å². The first kappa shape index (κ1) is 17.8. The van der Waals surface area contributed by atoms with E-state index in [0.29, 0.717) is 30.4 Å². The van der Waals surface area contributed by atoms with E-state index in [1.54, 1.807) is 32.4 Å². The first-order valence-corrected chi connectivity index (χ1v) is 8.15. The van der Waals surface area contributed by atoms with Crippen LogP contribution in [0.5, 0.6) is 5.75 Å². The number of ether oxygens (including phenoxy) is 3. The Morgan fingerprint density at radius 2 is 1.96 bits per heavy atom. The average molecular weight is 355 g/mol. The van der Waals surface area contributed by atoms with Gasteiger partial charge in [-0.05, 0) is 30.3 Å². The fourth-order valence-electron chi connectivity index (χ4n) is 2.76. The average Bonchev–Trinajstić information content (AvgIpc) is 3.02. The predicted molar refractivity (Wildman–Crippen MR) is 99.2 cm³/mol. The van der Waals surface area contributed by atoms with E-state index in [0.717, 1.165) is 16.7 Å². The third kappa shape index (κ3) is 3.48. The van der Waals surface area contributed by atoms with Gasteiger partial charge in [0.15, 0.2) is 0 Å². The number of esters is 1. The van der Waals surface area contributed by atoms with E-state index in [4.69, 9.17) is 14.2 Å². The molecule has 0 saturated heterocycles. The van der Waals surface area contributed by atoms with Crippen molar-refractivity contribution < 1.29 is 19.0 Å². The molecular weight excluding hydrogens is 334 g/mol. The number of fused-ring (bicyclic) bond motifs is 1. The number of imidazole rings is 1. The van der Waals surface area contributed by atoms with Gasteiger partial charge in [0.1, 0.15) is 11.3 Å². The zero-order valence-corrected chi connectivity index (χ0v) is 15.0. The van der Waals surface area contributed by atoms with Crippen LogP contribution in [0.3, 0.4) is 0 Å². The molecule has 3 rings (SSSR count). The summed E-state index contributed by atoms with van der Waals surface area (Å²) in [7, 11) is 4.64. The Hall–Kier alpha value is -3.06. The molecule has 7 heteroatoms. The van der Waals surface area contributed by atoms with Crippen LogP contribution in [0.15, 0.2) is 42.5 Å². The van der Waals surface area contributed by atoms with Crippen molar-refractivity contribution in [1.29, 1.82) is 0 Å². The molecule has 0 amide bonds. The number of para-hydroxylation sites is 1. The maximum absolute atomic E-state index is 11.7. The normalized spacial score (nSPS) is 10.7. The molecule has 26 heavy (non-hydrogen) atoms. The minimum absolute atomic E-state index is 0.386. The molecule has 0 aliphatic rings. The van der Waals surface area contributed by atoms with Crippen molar-refractivity contribution in [2.24, 2.45) is 0 Å². The SMILES string of the molecule is COCCn1c(Nc2cccc(C(=O)OC)c2)nc2c(OC)cccc21. The van der Waals surface area contributed by atoms with Gasteiger partial charge in [-0.25, -0.2) is 9.78 Å². The van der Waals surface area contributed by atoms with Crippen LogP contribution in [0.25, 0.3) is 11.0 Å². The molecule has 0 unspecified atom stereocenters. The highest BCUT2D eigenvalue weighted by atomic mass is 16.5. The van der Waals surface area contributed by atoms with E-state index in [1.165, 1.54) is 7.11 Å². The smallest absolute Gasteiger partial charge is 0.337 e. The van der Waals surface area contributed by atoms with E-state index in [9.17, 15) is 4.79 Å². The molecular formula is C19H21N3O4. The largest absolute Gasteiger partial charge is 0.494 e. The van der Waals surface area contributed by atoms with Crippen LogP contribution in [-0.2, 0) is 16.0 Å². The van der Waals surface area contributed by atoms with E-state index < -0.39 is 0 Å². The zero-order valence-electron chi connectivity index (χ0n) is 15.0. The van der Waals surface area contributed by atoms with Crippen molar-refractivity contribution >= 4 is 28.6 Å². The molecule has 3 aromatic rings. The number of anilines is 2. The monoisotopic (exact) mass is 355 g/mol. The summed E-state index contributed by atoms with van der Waals surface area (Å²) < 4.78 is 17.4. The number of rotatable bonds is 7. The lowest BCUT2D eigenvalue weighted by Crippen LogP contribution is -2.08. The van der Waals surface area contributed by atoms with Crippen LogP contribution < -0.4 is 10.1 Å². The fourth-order valence-corrected chi connectivity index (χ4v) is 2.76. The second kappa shape index (κ2) is 7.88. The lowest BCUT2D eigenvalue weighted by molar-refractivity contribution is 0.0601. The van der Waals surface area contributed by atoms with E-state index in [1.807, 2.05) is 28.8 Å². The van der Waals surface area contributed by atoms with E-state index in [-0.39, 0.29) is 5.97 Å². The van der Waals surface area contributed by atoms with Gasteiger partial charge in [-0.3, -0.25) is 0 Å². The van der Waals surface area contributed by atoms with Gasteiger partial charge < -0.3 is 24.1 Å². The Kier molecular flexibility index (Phi) is 5.38. The van der Waals surface area contributed by atoms with Gasteiger partial charge in [0.25, 0.3) is 0 Å². The first-order chi connectivity index (χ1) is 12.7. The molecule has 7 nitrogen and oxygen atoms in total.